The maximum absolute atomic E-state index is 12.9. The molecule has 1 aromatic carbocycles. The lowest BCUT2D eigenvalue weighted by molar-refractivity contribution is 0.0185. The van der Waals surface area contributed by atoms with Crippen molar-refractivity contribution in [3.8, 4) is 0 Å². The lowest BCUT2D eigenvalue weighted by atomic mass is 10.1. The zero-order valence-electron chi connectivity index (χ0n) is 18.4. The molecular formula is C21H35N3O5S. The van der Waals surface area contributed by atoms with E-state index < -0.39 is 10.0 Å². The normalized spacial score (nSPS) is 19.7. The van der Waals surface area contributed by atoms with Gasteiger partial charge in [-0.2, -0.15) is 0 Å². The van der Waals surface area contributed by atoms with Crippen LogP contribution in [0.15, 0.2) is 24.3 Å². The highest BCUT2D eigenvalue weighted by molar-refractivity contribution is 7.92. The molecule has 8 nitrogen and oxygen atoms in total. The van der Waals surface area contributed by atoms with Crippen LogP contribution in [0.4, 0.5) is 10.5 Å². The van der Waals surface area contributed by atoms with Gasteiger partial charge in [0.1, 0.15) is 0 Å². The fourth-order valence-corrected chi connectivity index (χ4v) is 4.66. The Morgan fingerprint density at radius 2 is 1.73 bits per heavy atom. The molecule has 0 unspecified atom stereocenters. The zero-order chi connectivity index (χ0) is 22.5. The number of sulfonamides is 1. The molecule has 0 aliphatic carbocycles. The van der Waals surface area contributed by atoms with Crippen molar-refractivity contribution in [2.24, 2.45) is 5.92 Å². The van der Waals surface area contributed by atoms with Gasteiger partial charge in [0.2, 0.25) is 10.0 Å². The second kappa shape index (κ2) is 10.1. The second-order valence-corrected chi connectivity index (χ2v) is 10.1. The number of piperazine rings is 1. The second-order valence-electron chi connectivity index (χ2n) is 8.28. The third kappa shape index (κ3) is 6.35. The average Bonchev–Trinajstić information content (AvgIpc) is 2.65. The molecule has 0 aromatic heterocycles. The number of ether oxygens (including phenoxy) is 1. The lowest BCUT2D eigenvalue weighted by Gasteiger charge is -2.43. The number of amides is 2. The van der Waals surface area contributed by atoms with E-state index in [4.69, 9.17) is 4.74 Å². The minimum Gasteiger partial charge on any atom is -0.449 e. The summed E-state index contributed by atoms with van der Waals surface area (Å²) in [4.78, 5) is 28.8. The Morgan fingerprint density at radius 1 is 1.17 bits per heavy atom. The smallest absolute Gasteiger partial charge is 0.410 e. The molecule has 1 saturated heterocycles. The van der Waals surface area contributed by atoms with Gasteiger partial charge < -0.3 is 9.64 Å². The van der Waals surface area contributed by atoms with Gasteiger partial charge in [-0.3, -0.25) is 14.4 Å². The Labute approximate surface area is 181 Å². The predicted octanol–water partition coefficient (Wildman–Crippen LogP) is 3.41. The van der Waals surface area contributed by atoms with Crippen LogP contribution in [0, 0.1) is 5.92 Å². The van der Waals surface area contributed by atoms with Crippen LogP contribution in [0.1, 0.15) is 52.8 Å². The van der Waals surface area contributed by atoms with Crippen LogP contribution in [-0.4, -0.2) is 67.8 Å². The highest BCUT2D eigenvalue weighted by Crippen LogP contribution is 2.20. The number of carbonyl (C=O) groups is 2. The van der Waals surface area contributed by atoms with Crippen LogP contribution in [0.5, 0.6) is 0 Å². The first kappa shape index (κ1) is 24.0. The number of hydrogen-bond donors (Lipinski definition) is 1. The Balaban J connectivity index is 0.00000480. The Bertz CT molecular complexity index is 833. The van der Waals surface area contributed by atoms with Crippen LogP contribution >= 0.6 is 0 Å². The molecule has 1 heterocycles. The molecule has 0 saturated carbocycles. The molecule has 30 heavy (non-hydrogen) atoms. The maximum atomic E-state index is 12.9. The molecule has 9 heteroatoms. The van der Waals surface area contributed by atoms with Gasteiger partial charge in [0.25, 0.3) is 5.91 Å². The van der Waals surface area contributed by atoms with Gasteiger partial charge in [0.15, 0.2) is 0 Å². The van der Waals surface area contributed by atoms with Gasteiger partial charge in [-0.25, -0.2) is 13.2 Å². The summed E-state index contributed by atoms with van der Waals surface area (Å²) < 4.78 is 31.6. The molecule has 0 spiro atoms. The molecule has 170 valence electrons. The third-order valence-corrected chi connectivity index (χ3v) is 6.33. The summed E-state index contributed by atoms with van der Waals surface area (Å²) in [5.41, 5.74) is 0.906. The molecule has 2 atom stereocenters. The molecule has 0 bridgehead atoms. The molecule has 1 aromatic rings. The van der Waals surface area contributed by atoms with Crippen molar-refractivity contribution in [1.29, 1.82) is 0 Å². The van der Waals surface area contributed by atoms with Gasteiger partial charge in [-0.1, -0.05) is 20.8 Å². The van der Waals surface area contributed by atoms with Crippen molar-refractivity contribution in [2.75, 3.05) is 30.2 Å². The fourth-order valence-electron chi connectivity index (χ4n) is 3.52. The van der Waals surface area contributed by atoms with Gasteiger partial charge in [-0.05, 0) is 50.5 Å². The van der Waals surface area contributed by atoms with Crippen LogP contribution in [0.3, 0.4) is 0 Å². The summed E-state index contributed by atoms with van der Waals surface area (Å²) in [6, 6.07) is 6.07. The van der Waals surface area contributed by atoms with E-state index in [0.717, 1.165) is 0 Å². The molecule has 2 amide bonds. The Hall–Kier alpha value is -2.29. The first-order chi connectivity index (χ1) is 14.0. The Kier molecular flexibility index (Phi) is 8.11. The zero-order valence-corrected chi connectivity index (χ0v) is 19.2. The first-order valence-corrected chi connectivity index (χ1v) is 12.0. The number of nitrogens with zero attached hydrogens (tertiary/aromatic N) is 2. The largest absolute Gasteiger partial charge is 0.449 e. The number of benzene rings is 1. The number of anilines is 1. The SMILES string of the molecule is CCCS(=O)(=O)Nc1ccc(C(=O)N2C[C@@H](C)N(C(=O)OCC(C)C)[C@@H](C)C2)cc1.[HH]. The molecule has 0 radical (unpaired) electrons. The fraction of sp³-hybridized carbons (Fsp3) is 0.619. The van der Waals surface area contributed by atoms with E-state index in [1.54, 1.807) is 41.0 Å². The number of carbonyl (C=O) groups excluding carboxylic acids is 2. The van der Waals surface area contributed by atoms with E-state index >= 15 is 0 Å². The van der Waals surface area contributed by atoms with Crippen LogP contribution in [-0.2, 0) is 14.8 Å². The number of nitrogens with one attached hydrogen (secondary N) is 1. The van der Waals surface area contributed by atoms with Crippen molar-refractivity contribution in [1.82, 2.24) is 9.80 Å². The van der Waals surface area contributed by atoms with E-state index in [9.17, 15) is 18.0 Å². The number of hydrogen-bond acceptors (Lipinski definition) is 5. The average molecular weight is 442 g/mol. The molecule has 2 rings (SSSR count). The molecule has 1 N–H and O–H groups in total. The molecule has 1 aliphatic heterocycles. The summed E-state index contributed by atoms with van der Waals surface area (Å²) in [5, 5.41) is 0. The topological polar surface area (TPSA) is 96.0 Å². The number of rotatable bonds is 7. The maximum Gasteiger partial charge on any atom is 0.410 e. The highest BCUT2D eigenvalue weighted by Gasteiger charge is 2.36. The summed E-state index contributed by atoms with van der Waals surface area (Å²) in [6.45, 7) is 10.7. The Morgan fingerprint density at radius 3 is 2.23 bits per heavy atom. The van der Waals surface area contributed by atoms with Crippen molar-refractivity contribution < 1.29 is 24.2 Å². The monoisotopic (exact) mass is 441 g/mol. The summed E-state index contributed by atoms with van der Waals surface area (Å²) in [6.07, 6.45) is 0.179. The van der Waals surface area contributed by atoms with Gasteiger partial charge >= 0.3 is 6.09 Å². The first-order valence-electron chi connectivity index (χ1n) is 10.4. The predicted molar refractivity (Wildman–Crippen MR) is 119 cm³/mol. The van der Waals surface area contributed by atoms with Gasteiger partial charge in [0.05, 0.1) is 24.4 Å². The third-order valence-electron chi connectivity index (χ3n) is 4.84. The standard InChI is InChI=1S/C21H33N3O5S.H2/c1-6-11-30(27,28)22-19-9-7-18(8-10-19)20(25)23-12-16(4)24(17(5)13-23)21(26)29-14-15(2)3;/h7-10,15-17,22H,6,11-14H2,1-5H3;1H/t16-,17+;. The van der Waals surface area contributed by atoms with Gasteiger partial charge in [-0.15, -0.1) is 0 Å². The van der Waals surface area contributed by atoms with E-state index in [0.29, 0.717) is 37.4 Å². The van der Waals surface area contributed by atoms with E-state index in [1.807, 2.05) is 27.7 Å². The molecular weight excluding hydrogens is 406 g/mol. The summed E-state index contributed by atoms with van der Waals surface area (Å²) >= 11 is 0. The lowest BCUT2D eigenvalue weighted by Crippen LogP contribution is -2.60. The van der Waals surface area contributed by atoms with Crippen molar-refractivity contribution >= 4 is 27.7 Å². The van der Waals surface area contributed by atoms with Gasteiger partial charge in [0, 0.05) is 25.8 Å². The van der Waals surface area contributed by atoms with Crippen LogP contribution in [0.25, 0.3) is 0 Å². The molecule has 1 aliphatic rings. The van der Waals surface area contributed by atoms with Crippen LogP contribution in [0.2, 0.25) is 0 Å². The minimum absolute atomic E-state index is 0. The quantitative estimate of drug-likeness (QED) is 0.699. The van der Waals surface area contributed by atoms with Crippen molar-refractivity contribution in [3.63, 3.8) is 0 Å². The van der Waals surface area contributed by atoms with Crippen LogP contribution < -0.4 is 4.72 Å². The van der Waals surface area contributed by atoms with Crippen molar-refractivity contribution in [2.45, 2.75) is 53.1 Å². The highest BCUT2D eigenvalue weighted by atomic mass is 32.2. The van der Waals surface area contributed by atoms with E-state index in [-0.39, 0.29) is 37.2 Å². The van der Waals surface area contributed by atoms with Crippen molar-refractivity contribution in [3.05, 3.63) is 29.8 Å². The van der Waals surface area contributed by atoms with E-state index in [2.05, 4.69) is 4.72 Å². The summed E-state index contributed by atoms with van der Waals surface area (Å²) in [7, 11) is -3.37. The molecule has 1 fully saturated rings. The van der Waals surface area contributed by atoms with E-state index in [1.165, 1.54) is 0 Å². The summed E-state index contributed by atoms with van der Waals surface area (Å²) in [5.74, 6) is 0.163. The minimum atomic E-state index is -3.37.